The highest BCUT2D eigenvalue weighted by molar-refractivity contribution is 6.05. The highest BCUT2D eigenvalue weighted by Gasteiger charge is 2.17. The van der Waals surface area contributed by atoms with Crippen LogP contribution in [-0.2, 0) is 6.42 Å². The molecule has 1 heterocycles. The van der Waals surface area contributed by atoms with Gasteiger partial charge in [-0.15, -0.1) is 6.58 Å². The lowest BCUT2D eigenvalue weighted by atomic mass is 10.1. The molecule has 3 rings (SSSR count). The van der Waals surface area contributed by atoms with Gasteiger partial charge in [-0.1, -0.05) is 30.7 Å². The molecule has 0 unspecified atom stereocenters. The summed E-state index contributed by atoms with van der Waals surface area (Å²) in [6, 6.07) is 14.6. The van der Waals surface area contributed by atoms with E-state index in [4.69, 9.17) is 0 Å². The van der Waals surface area contributed by atoms with Gasteiger partial charge < -0.3 is 16.0 Å². The highest BCUT2D eigenvalue weighted by Crippen LogP contribution is 2.19. The van der Waals surface area contributed by atoms with Gasteiger partial charge in [0.15, 0.2) is 0 Å². The summed E-state index contributed by atoms with van der Waals surface area (Å²) in [4.78, 5) is 24.5. The Morgan fingerprint density at radius 1 is 1.03 bits per heavy atom. The van der Waals surface area contributed by atoms with Crippen molar-refractivity contribution >= 4 is 23.3 Å². The van der Waals surface area contributed by atoms with Crippen molar-refractivity contribution in [3.05, 3.63) is 84.2 Å². The van der Waals surface area contributed by atoms with Crippen LogP contribution in [0.4, 0.5) is 16.2 Å². The SMILES string of the molecule is C=CCNC(=O)Nc1ccc(NC(=O)c2cnn(-c3ccc(C)cc3)c2CC)cc1. The van der Waals surface area contributed by atoms with Crippen LogP contribution in [0.5, 0.6) is 0 Å². The molecule has 30 heavy (non-hydrogen) atoms. The van der Waals surface area contributed by atoms with E-state index in [2.05, 4.69) is 27.6 Å². The predicted octanol–water partition coefficient (Wildman–Crippen LogP) is 4.30. The monoisotopic (exact) mass is 403 g/mol. The average Bonchev–Trinajstić information content (AvgIpc) is 3.18. The summed E-state index contributed by atoms with van der Waals surface area (Å²) in [7, 11) is 0. The Balaban J connectivity index is 1.71. The largest absolute Gasteiger partial charge is 0.334 e. The summed E-state index contributed by atoms with van der Waals surface area (Å²) >= 11 is 0. The number of hydrogen-bond donors (Lipinski definition) is 3. The van der Waals surface area contributed by atoms with Crippen LogP contribution in [0.15, 0.2) is 67.4 Å². The molecule has 0 aliphatic rings. The van der Waals surface area contributed by atoms with Crippen molar-refractivity contribution in [1.29, 1.82) is 0 Å². The zero-order valence-electron chi connectivity index (χ0n) is 17.1. The van der Waals surface area contributed by atoms with Crippen molar-refractivity contribution in [1.82, 2.24) is 15.1 Å². The van der Waals surface area contributed by atoms with Crippen LogP contribution in [0.25, 0.3) is 5.69 Å². The first kappa shape index (κ1) is 20.9. The first-order chi connectivity index (χ1) is 14.5. The third-order valence-electron chi connectivity index (χ3n) is 4.53. The van der Waals surface area contributed by atoms with Crippen molar-refractivity contribution in [2.24, 2.45) is 0 Å². The number of carbonyl (C=O) groups is 2. The van der Waals surface area contributed by atoms with E-state index in [-0.39, 0.29) is 11.9 Å². The minimum Gasteiger partial charge on any atom is -0.334 e. The van der Waals surface area contributed by atoms with E-state index >= 15 is 0 Å². The third kappa shape index (κ3) is 4.94. The summed E-state index contributed by atoms with van der Waals surface area (Å²) in [6.45, 7) is 7.96. The van der Waals surface area contributed by atoms with Gasteiger partial charge >= 0.3 is 6.03 Å². The van der Waals surface area contributed by atoms with Crippen LogP contribution >= 0.6 is 0 Å². The molecule has 0 atom stereocenters. The molecule has 0 saturated heterocycles. The average molecular weight is 403 g/mol. The number of carbonyl (C=O) groups excluding carboxylic acids is 2. The molecule has 1 aromatic heterocycles. The van der Waals surface area contributed by atoms with E-state index in [1.807, 2.05) is 38.1 Å². The minimum atomic E-state index is -0.317. The maximum Gasteiger partial charge on any atom is 0.319 e. The molecule has 0 aliphatic heterocycles. The van der Waals surface area contributed by atoms with E-state index in [0.29, 0.717) is 29.9 Å². The normalized spacial score (nSPS) is 10.3. The van der Waals surface area contributed by atoms with E-state index in [9.17, 15) is 9.59 Å². The van der Waals surface area contributed by atoms with Crippen LogP contribution < -0.4 is 16.0 Å². The van der Waals surface area contributed by atoms with Crippen LogP contribution in [0.1, 0.15) is 28.5 Å². The molecule has 0 radical (unpaired) electrons. The second kappa shape index (κ2) is 9.56. The van der Waals surface area contributed by atoms with E-state index in [0.717, 1.165) is 16.9 Å². The number of rotatable bonds is 7. The molecule has 2 aromatic carbocycles. The Morgan fingerprint density at radius 3 is 2.27 bits per heavy atom. The molecule has 0 spiro atoms. The summed E-state index contributed by atoms with van der Waals surface area (Å²) < 4.78 is 1.79. The van der Waals surface area contributed by atoms with Crippen molar-refractivity contribution in [2.75, 3.05) is 17.2 Å². The molecule has 0 bridgehead atoms. The molecule has 0 fully saturated rings. The number of urea groups is 1. The van der Waals surface area contributed by atoms with Gasteiger partial charge in [0, 0.05) is 17.9 Å². The maximum atomic E-state index is 12.8. The number of amides is 3. The number of benzene rings is 2. The summed E-state index contributed by atoms with van der Waals surface area (Å²) in [5.74, 6) is -0.227. The highest BCUT2D eigenvalue weighted by atomic mass is 16.2. The fourth-order valence-electron chi connectivity index (χ4n) is 2.99. The fourth-order valence-corrected chi connectivity index (χ4v) is 2.99. The van der Waals surface area contributed by atoms with Gasteiger partial charge in [-0.2, -0.15) is 5.10 Å². The van der Waals surface area contributed by atoms with Crippen LogP contribution in [-0.4, -0.2) is 28.3 Å². The van der Waals surface area contributed by atoms with Crippen molar-refractivity contribution in [2.45, 2.75) is 20.3 Å². The van der Waals surface area contributed by atoms with Gasteiger partial charge in [-0.3, -0.25) is 4.79 Å². The number of aryl methyl sites for hydroxylation is 1. The predicted molar refractivity (Wildman–Crippen MR) is 119 cm³/mol. The Morgan fingerprint density at radius 2 is 1.67 bits per heavy atom. The first-order valence-corrected chi connectivity index (χ1v) is 9.73. The quantitative estimate of drug-likeness (QED) is 0.514. The fraction of sp³-hybridized carbons (Fsp3) is 0.174. The zero-order valence-corrected chi connectivity index (χ0v) is 17.1. The molecule has 0 saturated carbocycles. The van der Waals surface area contributed by atoms with Crippen LogP contribution in [0.2, 0.25) is 0 Å². The van der Waals surface area contributed by atoms with E-state index < -0.39 is 0 Å². The molecule has 7 heteroatoms. The van der Waals surface area contributed by atoms with Gasteiger partial charge in [0.2, 0.25) is 0 Å². The molecule has 154 valence electrons. The lowest BCUT2D eigenvalue weighted by Gasteiger charge is -2.10. The molecule has 3 aromatic rings. The van der Waals surface area contributed by atoms with Crippen molar-refractivity contribution < 1.29 is 9.59 Å². The minimum absolute atomic E-state index is 0.227. The molecule has 3 amide bonds. The first-order valence-electron chi connectivity index (χ1n) is 9.73. The summed E-state index contributed by atoms with van der Waals surface area (Å²) in [5, 5.41) is 12.6. The number of nitrogens with one attached hydrogen (secondary N) is 3. The number of aromatic nitrogens is 2. The second-order valence-electron chi connectivity index (χ2n) is 6.76. The number of nitrogens with zero attached hydrogens (tertiary/aromatic N) is 2. The van der Waals surface area contributed by atoms with Crippen LogP contribution in [0.3, 0.4) is 0 Å². The van der Waals surface area contributed by atoms with E-state index in [1.165, 1.54) is 0 Å². The Bertz CT molecular complexity index is 1040. The Labute approximate surface area is 175 Å². The van der Waals surface area contributed by atoms with Gasteiger partial charge in [0.1, 0.15) is 0 Å². The Kier molecular flexibility index (Phi) is 6.64. The zero-order chi connectivity index (χ0) is 21.5. The molecule has 7 nitrogen and oxygen atoms in total. The molecule has 0 aliphatic carbocycles. The smallest absolute Gasteiger partial charge is 0.319 e. The second-order valence-corrected chi connectivity index (χ2v) is 6.76. The summed E-state index contributed by atoms with van der Waals surface area (Å²) in [5.41, 5.74) is 4.70. The number of anilines is 2. The molecular weight excluding hydrogens is 378 g/mol. The van der Waals surface area contributed by atoms with Crippen LogP contribution in [0, 0.1) is 6.92 Å². The van der Waals surface area contributed by atoms with Crippen molar-refractivity contribution in [3.8, 4) is 5.69 Å². The molecular formula is C23H25N5O2. The van der Waals surface area contributed by atoms with E-state index in [1.54, 1.807) is 41.2 Å². The topological polar surface area (TPSA) is 88.1 Å². The van der Waals surface area contributed by atoms with Crippen molar-refractivity contribution in [3.63, 3.8) is 0 Å². The van der Waals surface area contributed by atoms with Gasteiger partial charge in [-0.25, -0.2) is 9.48 Å². The maximum absolute atomic E-state index is 12.8. The third-order valence-corrected chi connectivity index (χ3v) is 4.53. The molecule has 3 N–H and O–H groups in total. The number of hydrogen-bond acceptors (Lipinski definition) is 3. The Hall–Kier alpha value is -3.87. The van der Waals surface area contributed by atoms with Gasteiger partial charge in [-0.05, 0) is 49.7 Å². The standard InChI is InChI=1S/C23H25N5O2/c1-4-14-24-23(30)27-18-10-8-17(9-11-18)26-22(29)20-15-25-28(21(20)5-2)19-12-6-16(3)7-13-19/h4,6-13,15H,1,5,14H2,2-3H3,(H,26,29)(H2,24,27,30). The van der Waals surface area contributed by atoms with Gasteiger partial charge in [0.25, 0.3) is 5.91 Å². The lowest BCUT2D eigenvalue weighted by Crippen LogP contribution is -2.28. The van der Waals surface area contributed by atoms with Gasteiger partial charge in [0.05, 0.1) is 23.1 Å². The lowest BCUT2D eigenvalue weighted by molar-refractivity contribution is 0.102. The summed E-state index contributed by atoms with van der Waals surface area (Å²) in [6.07, 6.45) is 3.86.